The highest BCUT2D eigenvalue weighted by atomic mass is 32.2. The van der Waals surface area contributed by atoms with Crippen LogP contribution in [0.3, 0.4) is 0 Å². The number of benzene rings is 3. The number of fused-ring (bicyclic) bond motifs is 1. The molecule has 3 aromatic carbocycles. The van der Waals surface area contributed by atoms with Gasteiger partial charge >= 0.3 is 6.03 Å². The Bertz CT molecular complexity index is 1150. The van der Waals surface area contributed by atoms with E-state index >= 15 is 0 Å². The fraction of sp³-hybridized carbons (Fsp3) is 0.240. The third kappa shape index (κ3) is 4.62. The van der Waals surface area contributed by atoms with E-state index < -0.39 is 17.5 Å². The number of nitrogens with zero attached hydrogens (tertiary/aromatic N) is 1. The van der Waals surface area contributed by atoms with E-state index in [1.54, 1.807) is 18.7 Å². The molecule has 7 heteroatoms. The van der Waals surface area contributed by atoms with Crippen molar-refractivity contribution in [3.05, 3.63) is 78.4 Å². The largest absolute Gasteiger partial charge is 0.355 e. The molecule has 0 spiro atoms. The number of imide groups is 1. The molecule has 0 bridgehead atoms. The Labute approximate surface area is 191 Å². The number of hydrogen-bond donors (Lipinski definition) is 2. The number of nitrogens with one attached hydrogen (secondary N) is 2. The number of urea groups is 1. The first-order valence-corrected chi connectivity index (χ1v) is 11.5. The Hall–Kier alpha value is -3.32. The van der Waals surface area contributed by atoms with Crippen molar-refractivity contribution in [2.45, 2.75) is 23.8 Å². The Balaban J connectivity index is 1.32. The molecule has 0 aromatic heterocycles. The molecule has 1 fully saturated rings. The number of rotatable bonds is 8. The zero-order valence-corrected chi connectivity index (χ0v) is 18.7. The van der Waals surface area contributed by atoms with Crippen LogP contribution in [0, 0.1) is 0 Å². The van der Waals surface area contributed by atoms with Crippen molar-refractivity contribution in [1.29, 1.82) is 0 Å². The van der Waals surface area contributed by atoms with Crippen LogP contribution in [-0.2, 0) is 15.1 Å². The molecule has 0 aliphatic carbocycles. The molecule has 4 amide bonds. The second-order valence-corrected chi connectivity index (χ2v) is 9.04. The molecule has 1 aliphatic heterocycles. The lowest BCUT2D eigenvalue weighted by Crippen LogP contribution is -2.43. The predicted molar refractivity (Wildman–Crippen MR) is 126 cm³/mol. The molecule has 0 radical (unpaired) electrons. The fourth-order valence-electron chi connectivity index (χ4n) is 3.74. The van der Waals surface area contributed by atoms with Crippen LogP contribution in [0.15, 0.2) is 77.7 Å². The van der Waals surface area contributed by atoms with E-state index in [1.165, 1.54) is 4.90 Å². The second-order valence-electron chi connectivity index (χ2n) is 7.87. The van der Waals surface area contributed by atoms with E-state index in [4.69, 9.17) is 0 Å². The molecule has 0 saturated carbocycles. The first kappa shape index (κ1) is 21.9. The molecule has 2 N–H and O–H groups in total. The summed E-state index contributed by atoms with van der Waals surface area (Å²) in [5.41, 5.74) is -0.510. The van der Waals surface area contributed by atoms with Gasteiger partial charge in [-0.15, -0.1) is 11.8 Å². The van der Waals surface area contributed by atoms with Crippen molar-refractivity contribution in [3.8, 4) is 0 Å². The molecule has 1 aliphatic rings. The van der Waals surface area contributed by atoms with Crippen LogP contribution in [0.4, 0.5) is 4.79 Å². The van der Waals surface area contributed by atoms with Gasteiger partial charge in [-0.1, -0.05) is 54.6 Å². The van der Waals surface area contributed by atoms with Crippen molar-refractivity contribution in [3.63, 3.8) is 0 Å². The van der Waals surface area contributed by atoms with Gasteiger partial charge < -0.3 is 10.6 Å². The molecule has 164 valence electrons. The van der Waals surface area contributed by atoms with Gasteiger partial charge in [0, 0.05) is 11.4 Å². The van der Waals surface area contributed by atoms with Gasteiger partial charge in [-0.25, -0.2) is 4.79 Å². The van der Waals surface area contributed by atoms with E-state index in [0.29, 0.717) is 12.1 Å². The summed E-state index contributed by atoms with van der Waals surface area (Å²) in [7, 11) is 0. The van der Waals surface area contributed by atoms with E-state index in [-0.39, 0.29) is 12.5 Å². The van der Waals surface area contributed by atoms with Crippen LogP contribution in [-0.4, -0.2) is 41.6 Å². The maximum atomic E-state index is 13.1. The number of thioether (sulfide) groups is 1. The molecule has 1 atom stereocenters. The molecule has 1 saturated heterocycles. The highest BCUT2D eigenvalue weighted by Gasteiger charge is 2.49. The van der Waals surface area contributed by atoms with Gasteiger partial charge in [-0.3, -0.25) is 14.5 Å². The van der Waals surface area contributed by atoms with Gasteiger partial charge in [-0.2, -0.15) is 0 Å². The minimum Gasteiger partial charge on any atom is -0.355 e. The molecular formula is C25H25N3O3S. The van der Waals surface area contributed by atoms with E-state index in [0.717, 1.165) is 27.8 Å². The normalized spacial score (nSPS) is 18.1. The van der Waals surface area contributed by atoms with E-state index in [2.05, 4.69) is 10.6 Å². The molecule has 6 nitrogen and oxygen atoms in total. The summed E-state index contributed by atoms with van der Waals surface area (Å²) >= 11 is 1.72. The van der Waals surface area contributed by atoms with Gasteiger partial charge in [0.25, 0.3) is 5.91 Å². The summed E-state index contributed by atoms with van der Waals surface area (Å²) in [6, 6.07) is 23.0. The highest BCUT2D eigenvalue weighted by Crippen LogP contribution is 2.30. The number of carbonyl (C=O) groups is 3. The van der Waals surface area contributed by atoms with Crippen LogP contribution < -0.4 is 10.6 Å². The van der Waals surface area contributed by atoms with E-state index in [1.807, 2.05) is 72.8 Å². The molecule has 4 rings (SSSR count). The number of carbonyl (C=O) groups excluding carboxylic acids is 3. The van der Waals surface area contributed by atoms with Crippen molar-refractivity contribution in [2.75, 3.05) is 18.8 Å². The zero-order chi connectivity index (χ0) is 22.6. The van der Waals surface area contributed by atoms with Crippen LogP contribution in [0.2, 0.25) is 0 Å². The van der Waals surface area contributed by atoms with Gasteiger partial charge in [0.1, 0.15) is 12.1 Å². The SMILES string of the molecule is C[C@]1(c2ccc3ccccc3c2)NC(=O)N(CC(=O)NCCCSc2ccccc2)C1=O. The summed E-state index contributed by atoms with van der Waals surface area (Å²) in [4.78, 5) is 40.1. The van der Waals surface area contributed by atoms with Gasteiger partial charge in [0.2, 0.25) is 5.91 Å². The van der Waals surface area contributed by atoms with Crippen molar-refractivity contribution < 1.29 is 14.4 Å². The lowest BCUT2D eigenvalue weighted by molar-refractivity contribution is -0.134. The minimum absolute atomic E-state index is 0.292. The van der Waals surface area contributed by atoms with E-state index in [9.17, 15) is 14.4 Å². The summed E-state index contributed by atoms with van der Waals surface area (Å²) < 4.78 is 0. The quantitative estimate of drug-likeness (QED) is 0.312. The van der Waals surface area contributed by atoms with Gasteiger partial charge in [0.15, 0.2) is 0 Å². The van der Waals surface area contributed by atoms with Crippen molar-refractivity contribution in [2.24, 2.45) is 0 Å². The average Bonchev–Trinajstić information content (AvgIpc) is 3.03. The first-order chi connectivity index (χ1) is 15.5. The van der Waals surface area contributed by atoms with Crippen molar-refractivity contribution >= 4 is 40.4 Å². The van der Waals surface area contributed by atoms with Gasteiger partial charge in [-0.05, 0) is 53.6 Å². The monoisotopic (exact) mass is 447 g/mol. The topological polar surface area (TPSA) is 78.5 Å². The number of amides is 4. The van der Waals surface area contributed by atoms with Crippen LogP contribution in [0.1, 0.15) is 18.9 Å². The summed E-state index contributed by atoms with van der Waals surface area (Å²) in [5, 5.41) is 7.61. The molecule has 0 unspecified atom stereocenters. The third-order valence-electron chi connectivity index (χ3n) is 5.56. The maximum absolute atomic E-state index is 13.1. The standard InChI is InChI=1S/C25H25N3O3S/c1-25(20-13-12-18-8-5-6-9-19(18)16-20)23(30)28(24(31)27-25)17-22(29)26-14-7-15-32-21-10-3-2-4-11-21/h2-6,8-13,16H,7,14-15,17H2,1H3,(H,26,29)(H,27,31)/t25-/m1/s1. The Kier molecular flexibility index (Phi) is 6.46. The third-order valence-corrected chi connectivity index (χ3v) is 6.66. The molecular weight excluding hydrogens is 422 g/mol. The molecule has 3 aromatic rings. The highest BCUT2D eigenvalue weighted by molar-refractivity contribution is 7.99. The Morgan fingerprint density at radius 3 is 2.50 bits per heavy atom. The van der Waals surface area contributed by atoms with Crippen LogP contribution in [0.5, 0.6) is 0 Å². The van der Waals surface area contributed by atoms with Crippen LogP contribution in [0.25, 0.3) is 10.8 Å². The van der Waals surface area contributed by atoms with Crippen LogP contribution >= 0.6 is 11.8 Å². The Morgan fingerprint density at radius 1 is 1.00 bits per heavy atom. The predicted octanol–water partition coefficient (Wildman–Crippen LogP) is 3.91. The maximum Gasteiger partial charge on any atom is 0.325 e. The average molecular weight is 448 g/mol. The first-order valence-electron chi connectivity index (χ1n) is 10.6. The second kappa shape index (κ2) is 9.44. The summed E-state index contributed by atoms with van der Waals surface area (Å²) in [6.45, 7) is 1.87. The lowest BCUT2D eigenvalue weighted by Gasteiger charge is -2.22. The zero-order valence-electron chi connectivity index (χ0n) is 17.8. The van der Waals surface area contributed by atoms with Crippen molar-refractivity contribution in [1.82, 2.24) is 15.5 Å². The lowest BCUT2D eigenvalue weighted by atomic mass is 9.90. The van der Waals surface area contributed by atoms with Gasteiger partial charge in [0.05, 0.1) is 0 Å². The molecule has 32 heavy (non-hydrogen) atoms. The minimum atomic E-state index is -1.20. The summed E-state index contributed by atoms with van der Waals surface area (Å²) in [6.07, 6.45) is 0.792. The Morgan fingerprint density at radius 2 is 1.72 bits per heavy atom. The fourth-order valence-corrected chi connectivity index (χ4v) is 4.62. The summed E-state index contributed by atoms with van der Waals surface area (Å²) in [5.74, 6) is 0.0986. The molecule has 1 heterocycles. The smallest absolute Gasteiger partial charge is 0.325 e. The number of hydrogen-bond acceptors (Lipinski definition) is 4.